The van der Waals surface area contributed by atoms with Crippen molar-refractivity contribution in [1.29, 1.82) is 0 Å². The number of aromatic nitrogens is 2. The van der Waals surface area contributed by atoms with Gasteiger partial charge in [0, 0.05) is 22.5 Å². The average Bonchev–Trinajstić information content (AvgIpc) is 3.40. The van der Waals surface area contributed by atoms with Crippen molar-refractivity contribution in [2.24, 2.45) is 0 Å². The maximum absolute atomic E-state index is 12.8. The maximum Gasteiger partial charge on any atom is 0.416 e. The van der Waals surface area contributed by atoms with Gasteiger partial charge >= 0.3 is 6.18 Å². The topological polar surface area (TPSA) is 70.1 Å². The van der Waals surface area contributed by atoms with Crippen LogP contribution in [0.4, 0.5) is 30.6 Å². The van der Waals surface area contributed by atoms with Crippen molar-refractivity contribution in [3.05, 3.63) is 40.0 Å². The second kappa shape index (κ2) is 7.40. The standard InChI is InChI=1S/C17H18BrF3N4O/c1-9(8-26)22-16-24-14(10-2-3-10)7-15(25-16)23-13-5-4-11(6-12(13)18)17(19,20)21/h4-7,9-10,26H,2-3,8H2,1H3,(H2,22,23,24,25)/t9-/m1/s1. The van der Waals surface area contributed by atoms with Crippen molar-refractivity contribution in [3.8, 4) is 0 Å². The third-order valence-corrected chi connectivity index (χ3v) is 4.61. The summed E-state index contributed by atoms with van der Waals surface area (Å²) in [6.07, 6.45) is -2.29. The minimum Gasteiger partial charge on any atom is -0.394 e. The van der Waals surface area contributed by atoms with Crippen LogP contribution in [0.3, 0.4) is 0 Å². The van der Waals surface area contributed by atoms with Gasteiger partial charge in [0.2, 0.25) is 5.95 Å². The summed E-state index contributed by atoms with van der Waals surface area (Å²) >= 11 is 3.17. The number of alkyl halides is 3. The molecule has 3 rings (SSSR count). The fourth-order valence-electron chi connectivity index (χ4n) is 2.38. The average molecular weight is 431 g/mol. The summed E-state index contributed by atoms with van der Waals surface area (Å²) < 4.78 is 38.7. The van der Waals surface area contributed by atoms with Crippen molar-refractivity contribution >= 4 is 33.4 Å². The van der Waals surface area contributed by atoms with Crippen LogP contribution in [-0.4, -0.2) is 27.7 Å². The van der Waals surface area contributed by atoms with Gasteiger partial charge in [-0.25, -0.2) is 4.98 Å². The summed E-state index contributed by atoms with van der Waals surface area (Å²) in [5.41, 5.74) is 0.619. The molecule has 1 fully saturated rings. The molecule has 3 N–H and O–H groups in total. The summed E-state index contributed by atoms with van der Waals surface area (Å²) in [4.78, 5) is 8.81. The lowest BCUT2D eigenvalue weighted by Crippen LogP contribution is -2.21. The zero-order chi connectivity index (χ0) is 18.9. The van der Waals surface area contributed by atoms with Crippen LogP contribution in [0.2, 0.25) is 0 Å². The van der Waals surface area contributed by atoms with Crippen molar-refractivity contribution in [3.63, 3.8) is 0 Å². The van der Waals surface area contributed by atoms with Crippen LogP contribution >= 0.6 is 15.9 Å². The van der Waals surface area contributed by atoms with Crippen molar-refractivity contribution in [1.82, 2.24) is 9.97 Å². The minimum atomic E-state index is -4.40. The largest absolute Gasteiger partial charge is 0.416 e. The molecule has 2 aromatic rings. The Kier molecular flexibility index (Phi) is 5.38. The molecule has 1 saturated carbocycles. The van der Waals surface area contributed by atoms with E-state index in [1.165, 1.54) is 6.07 Å². The fourth-order valence-corrected chi connectivity index (χ4v) is 2.86. The van der Waals surface area contributed by atoms with Crippen LogP contribution < -0.4 is 10.6 Å². The fraction of sp³-hybridized carbons (Fsp3) is 0.412. The van der Waals surface area contributed by atoms with Gasteiger partial charge in [0.25, 0.3) is 0 Å². The molecule has 140 valence electrons. The minimum absolute atomic E-state index is 0.0652. The number of nitrogens with one attached hydrogen (secondary N) is 2. The molecule has 0 radical (unpaired) electrons. The predicted molar refractivity (Wildman–Crippen MR) is 96.6 cm³/mol. The van der Waals surface area contributed by atoms with Gasteiger partial charge in [-0.2, -0.15) is 18.2 Å². The molecule has 26 heavy (non-hydrogen) atoms. The van der Waals surface area contributed by atoms with Crippen LogP contribution in [0.1, 0.15) is 36.9 Å². The molecule has 5 nitrogen and oxygen atoms in total. The van der Waals surface area contributed by atoms with Crippen LogP contribution in [0.15, 0.2) is 28.7 Å². The second-order valence-electron chi connectivity index (χ2n) is 6.32. The number of aliphatic hydroxyl groups excluding tert-OH is 1. The number of rotatable bonds is 6. The highest BCUT2D eigenvalue weighted by Gasteiger charge is 2.31. The summed E-state index contributed by atoms with van der Waals surface area (Å²) in [6.45, 7) is 1.73. The lowest BCUT2D eigenvalue weighted by atomic mass is 10.2. The molecule has 1 aromatic carbocycles. The Hall–Kier alpha value is -1.87. The van der Waals surface area contributed by atoms with E-state index in [1.54, 1.807) is 13.0 Å². The smallest absolute Gasteiger partial charge is 0.394 e. The van der Waals surface area contributed by atoms with E-state index in [-0.39, 0.29) is 17.1 Å². The van der Waals surface area contributed by atoms with Crippen molar-refractivity contribution < 1.29 is 18.3 Å². The zero-order valence-electron chi connectivity index (χ0n) is 13.9. The first-order chi connectivity index (χ1) is 12.3. The SMILES string of the molecule is C[C@H](CO)Nc1nc(Nc2ccc(C(F)(F)F)cc2Br)cc(C2CC2)n1. The van der Waals surface area contributed by atoms with Crippen molar-refractivity contribution in [2.45, 2.75) is 37.9 Å². The highest BCUT2D eigenvalue weighted by molar-refractivity contribution is 9.10. The van der Waals surface area contributed by atoms with E-state index in [0.717, 1.165) is 30.7 Å². The number of hydrogen-bond acceptors (Lipinski definition) is 5. The summed E-state index contributed by atoms with van der Waals surface area (Å²) in [6, 6.07) is 4.99. The number of halogens is 4. The van der Waals surface area contributed by atoms with Crippen LogP contribution in [0.25, 0.3) is 0 Å². The van der Waals surface area contributed by atoms with E-state index >= 15 is 0 Å². The Bertz CT molecular complexity index is 796. The molecule has 1 aliphatic carbocycles. The molecule has 1 aliphatic rings. The predicted octanol–water partition coefficient (Wildman–Crippen LogP) is 4.67. The first-order valence-corrected chi connectivity index (χ1v) is 8.95. The van der Waals surface area contributed by atoms with Gasteiger partial charge < -0.3 is 15.7 Å². The molecular weight excluding hydrogens is 413 g/mol. The Morgan fingerprint density at radius 2 is 2.00 bits per heavy atom. The Morgan fingerprint density at radius 3 is 2.58 bits per heavy atom. The van der Waals surface area contributed by atoms with Gasteiger partial charge in [0.15, 0.2) is 0 Å². The number of nitrogens with zero attached hydrogens (tertiary/aromatic N) is 2. The van der Waals surface area contributed by atoms with E-state index in [1.807, 2.05) is 0 Å². The van der Waals surface area contributed by atoms with Gasteiger partial charge in [-0.05, 0) is 53.9 Å². The normalized spacial score (nSPS) is 15.6. The summed E-state index contributed by atoms with van der Waals surface area (Å²) in [5.74, 6) is 1.23. The number of aliphatic hydroxyl groups is 1. The molecule has 1 atom stereocenters. The monoisotopic (exact) mass is 430 g/mol. The van der Waals surface area contributed by atoms with Crippen molar-refractivity contribution in [2.75, 3.05) is 17.2 Å². The van der Waals surface area contributed by atoms with E-state index in [2.05, 4.69) is 36.5 Å². The van der Waals surface area contributed by atoms with Gasteiger partial charge in [-0.15, -0.1) is 0 Å². The van der Waals surface area contributed by atoms with E-state index in [9.17, 15) is 18.3 Å². The molecule has 0 unspecified atom stereocenters. The molecule has 0 saturated heterocycles. The van der Waals surface area contributed by atoms with Gasteiger partial charge in [-0.3, -0.25) is 0 Å². The van der Waals surface area contributed by atoms with Crippen LogP contribution in [0.5, 0.6) is 0 Å². The third-order valence-electron chi connectivity index (χ3n) is 3.95. The lowest BCUT2D eigenvalue weighted by Gasteiger charge is -2.15. The number of benzene rings is 1. The third kappa shape index (κ3) is 4.64. The number of anilines is 3. The highest BCUT2D eigenvalue weighted by Crippen LogP contribution is 2.40. The highest BCUT2D eigenvalue weighted by atomic mass is 79.9. The molecule has 9 heteroatoms. The molecule has 0 amide bonds. The molecule has 0 bridgehead atoms. The van der Waals surface area contributed by atoms with Crippen LogP contribution in [0, 0.1) is 0 Å². The second-order valence-corrected chi connectivity index (χ2v) is 7.18. The number of hydrogen-bond donors (Lipinski definition) is 3. The molecule has 1 heterocycles. The lowest BCUT2D eigenvalue weighted by molar-refractivity contribution is -0.137. The van der Waals surface area contributed by atoms with E-state index < -0.39 is 11.7 Å². The first kappa shape index (κ1) is 18.9. The van der Waals surface area contributed by atoms with Gasteiger partial charge in [0.1, 0.15) is 5.82 Å². The Labute approximate surface area is 157 Å². The molecule has 0 aliphatic heterocycles. The maximum atomic E-state index is 12.8. The van der Waals surface area contributed by atoms with Gasteiger partial charge in [0.05, 0.1) is 23.6 Å². The summed E-state index contributed by atoms with van der Waals surface area (Å²) in [5, 5.41) is 15.2. The quantitative estimate of drug-likeness (QED) is 0.620. The van der Waals surface area contributed by atoms with E-state index in [0.29, 0.717) is 23.4 Å². The first-order valence-electron chi connectivity index (χ1n) is 8.16. The molecule has 0 spiro atoms. The Morgan fingerprint density at radius 1 is 1.27 bits per heavy atom. The molecular formula is C17H18BrF3N4O. The zero-order valence-corrected chi connectivity index (χ0v) is 15.5. The van der Waals surface area contributed by atoms with Gasteiger partial charge in [-0.1, -0.05) is 0 Å². The summed E-state index contributed by atoms with van der Waals surface area (Å²) in [7, 11) is 0. The Balaban J connectivity index is 1.87. The van der Waals surface area contributed by atoms with E-state index in [4.69, 9.17) is 0 Å². The van der Waals surface area contributed by atoms with Crippen LogP contribution in [-0.2, 0) is 6.18 Å². The molecule has 1 aromatic heterocycles.